The standard InChI is InChI=1S/3C10H12N2O6S2/c1-8-2-4-10(5-3-8)20-19-7-9(18-12(15)16)6-17-11(13)14;1-8-3-2-4-10(5-8)20-19-7-9(18-12(15)16)6-17-11(13)14;1-8-4-2-3-5-10(8)20-19-7-9(18-12(15)16)6-17-11(13)14/h3*2-5,9H,6-7H2,1H3. The third-order valence-electron chi connectivity index (χ3n) is 6.13. The monoisotopic (exact) mass is 960 g/mol. The van der Waals surface area contributed by atoms with Crippen LogP contribution in [0.2, 0.25) is 0 Å². The molecule has 3 atom stereocenters. The van der Waals surface area contributed by atoms with E-state index in [9.17, 15) is 60.7 Å². The number of nitrogens with zero attached hydrogens (tertiary/aromatic N) is 6. The lowest BCUT2D eigenvalue weighted by Crippen LogP contribution is -2.26. The predicted octanol–water partition coefficient (Wildman–Crippen LogP) is 7.56. The van der Waals surface area contributed by atoms with Crippen LogP contribution in [0.4, 0.5) is 0 Å². The molecule has 0 bridgehead atoms. The predicted molar refractivity (Wildman–Crippen MR) is 223 cm³/mol. The third-order valence-corrected chi connectivity index (χ3v) is 13.5. The highest BCUT2D eigenvalue weighted by molar-refractivity contribution is 8.77. The molecule has 0 aliphatic carbocycles. The van der Waals surface area contributed by atoms with Crippen LogP contribution in [-0.2, 0) is 29.0 Å². The van der Waals surface area contributed by atoms with Crippen LogP contribution in [0.1, 0.15) is 16.7 Å². The summed E-state index contributed by atoms with van der Waals surface area (Å²) >= 11 is 0. The fourth-order valence-corrected chi connectivity index (χ4v) is 10.4. The lowest BCUT2D eigenvalue weighted by atomic mass is 10.2. The Kier molecular flexibility index (Phi) is 27.3. The largest absolute Gasteiger partial charge is 0.312 e. The molecular weight excluding hydrogens is 925 g/mol. The molecule has 30 heteroatoms. The van der Waals surface area contributed by atoms with Gasteiger partial charge in [-0.2, -0.15) is 0 Å². The van der Waals surface area contributed by atoms with E-state index in [1.807, 2.05) is 93.6 Å². The Morgan fingerprint density at radius 1 is 0.467 bits per heavy atom. The molecule has 3 aromatic carbocycles. The molecule has 0 radical (unpaired) electrons. The Labute approximate surface area is 363 Å². The van der Waals surface area contributed by atoms with Gasteiger partial charge in [0.1, 0.15) is 38.1 Å². The average molecular weight is 961 g/mol. The van der Waals surface area contributed by atoms with Gasteiger partial charge in [-0.3, -0.25) is 0 Å². The molecule has 0 fully saturated rings. The van der Waals surface area contributed by atoms with E-state index in [1.54, 1.807) is 0 Å². The summed E-state index contributed by atoms with van der Waals surface area (Å²) in [5.41, 5.74) is 3.32. The Morgan fingerprint density at radius 2 is 0.883 bits per heavy atom. The molecule has 60 heavy (non-hydrogen) atoms. The molecule has 3 unspecified atom stereocenters. The number of hydrogen-bond acceptors (Lipinski definition) is 24. The summed E-state index contributed by atoms with van der Waals surface area (Å²) in [5.74, 6) is 0.564. The van der Waals surface area contributed by atoms with Crippen LogP contribution < -0.4 is 0 Å². The molecule has 0 saturated carbocycles. The number of rotatable bonds is 27. The average Bonchev–Trinajstić information content (AvgIpc) is 3.16. The van der Waals surface area contributed by atoms with Crippen molar-refractivity contribution in [1.29, 1.82) is 0 Å². The van der Waals surface area contributed by atoms with Crippen molar-refractivity contribution in [3.05, 3.63) is 150 Å². The van der Waals surface area contributed by atoms with E-state index in [2.05, 4.69) is 29.0 Å². The molecule has 0 aromatic heterocycles. The van der Waals surface area contributed by atoms with E-state index in [0.29, 0.717) is 0 Å². The summed E-state index contributed by atoms with van der Waals surface area (Å²) in [7, 11) is 8.15. The lowest BCUT2D eigenvalue weighted by Gasteiger charge is -2.13. The van der Waals surface area contributed by atoms with E-state index < -0.39 is 68.7 Å². The zero-order valence-electron chi connectivity index (χ0n) is 31.4. The zero-order valence-corrected chi connectivity index (χ0v) is 36.3. The highest BCUT2D eigenvalue weighted by atomic mass is 33.1. The summed E-state index contributed by atoms with van der Waals surface area (Å²) in [5, 5.41) is 55.1. The van der Waals surface area contributed by atoms with E-state index in [4.69, 9.17) is 0 Å². The smallest absolute Gasteiger partial charge is 0.294 e. The molecule has 0 amide bonds. The molecule has 0 aliphatic heterocycles. The van der Waals surface area contributed by atoms with Crippen molar-refractivity contribution in [3.8, 4) is 0 Å². The van der Waals surface area contributed by atoms with Gasteiger partial charge in [0.25, 0.3) is 30.5 Å². The van der Waals surface area contributed by atoms with Gasteiger partial charge in [0, 0.05) is 31.9 Å². The van der Waals surface area contributed by atoms with Crippen molar-refractivity contribution < 1.29 is 59.5 Å². The second-order valence-corrected chi connectivity index (χ2v) is 18.1. The molecule has 0 N–H and O–H groups in total. The Morgan fingerprint density at radius 3 is 1.28 bits per heavy atom. The third kappa shape index (κ3) is 28.4. The molecule has 24 nitrogen and oxygen atoms in total. The molecule has 0 heterocycles. The number of aryl methyl sites for hydroxylation is 3. The van der Waals surface area contributed by atoms with Crippen LogP contribution in [-0.4, -0.2) is 85.9 Å². The molecule has 0 aliphatic rings. The summed E-state index contributed by atoms with van der Waals surface area (Å²) in [6.07, 6.45) is -2.96. The van der Waals surface area contributed by atoms with E-state index in [0.717, 1.165) is 31.4 Å². The van der Waals surface area contributed by atoms with E-state index in [-0.39, 0.29) is 17.3 Å². The van der Waals surface area contributed by atoms with Crippen molar-refractivity contribution in [2.75, 3.05) is 37.1 Å². The fraction of sp³-hybridized carbons (Fsp3) is 0.400. The first-order valence-electron chi connectivity index (χ1n) is 16.3. The fourth-order valence-electron chi connectivity index (χ4n) is 3.56. The van der Waals surface area contributed by atoms with Gasteiger partial charge in [0.2, 0.25) is 0 Å². The van der Waals surface area contributed by atoms with Gasteiger partial charge >= 0.3 is 0 Å². The van der Waals surface area contributed by atoms with Gasteiger partial charge in [-0.15, -0.1) is 60.7 Å². The topological polar surface area (TPSA) is 314 Å². The van der Waals surface area contributed by atoms with E-state index >= 15 is 0 Å². The number of hydrogen-bond donors (Lipinski definition) is 0. The van der Waals surface area contributed by atoms with Gasteiger partial charge in [-0.25, -0.2) is 0 Å². The van der Waals surface area contributed by atoms with Crippen LogP contribution in [0.25, 0.3) is 0 Å². The highest BCUT2D eigenvalue weighted by Gasteiger charge is 2.18. The maximum Gasteiger partial charge on any atom is 0.294 e. The molecule has 0 saturated heterocycles. The second-order valence-electron chi connectivity index (χ2n) is 10.9. The maximum absolute atomic E-state index is 10.3. The van der Waals surface area contributed by atoms with Crippen molar-refractivity contribution in [2.45, 2.75) is 53.8 Å². The molecule has 3 rings (SSSR count). The molecule has 0 spiro atoms. The Balaban J connectivity index is 0.000000450. The van der Waals surface area contributed by atoms with Crippen LogP contribution in [0.15, 0.2) is 87.5 Å². The van der Waals surface area contributed by atoms with Gasteiger partial charge in [-0.05, 0) is 62.2 Å². The van der Waals surface area contributed by atoms with Crippen LogP contribution in [0.3, 0.4) is 0 Å². The minimum Gasteiger partial charge on any atom is -0.312 e. The Hall–Kier alpha value is -5.04. The van der Waals surface area contributed by atoms with Gasteiger partial charge in [-0.1, -0.05) is 113 Å². The Bertz CT molecular complexity index is 1810. The summed E-state index contributed by atoms with van der Waals surface area (Å²) < 4.78 is 0. The van der Waals surface area contributed by atoms with Gasteiger partial charge in [0.05, 0.1) is 0 Å². The van der Waals surface area contributed by atoms with Gasteiger partial charge in [0.15, 0.2) is 0 Å². The van der Waals surface area contributed by atoms with Crippen LogP contribution >= 0.6 is 64.8 Å². The highest BCUT2D eigenvalue weighted by Crippen LogP contribution is 2.34. The first-order valence-corrected chi connectivity index (χ1v) is 23.2. The minimum absolute atomic E-state index is 0.188. The zero-order chi connectivity index (χ0) is 44.9. The van der Waals surface area contributed by atoms with Crippen molar-refractivity contribution >= 4 is 64.8 Å². The normalized spacial score (nSPS) is 11.7. The maximum atomic E-state index is 10.3. The summed E-state index contributed by atoms with van der Waals surface area (Å²) in [6, 6.07) is 23.1. The van der Waals surface area contributed by atoms with Crippen molar-refractivity contribution in [1.82, 2.24) is 0 Å². The van der Waals surface area contributed by atoms with Crippen LogP contribution in [0, 0.1) is 81.5 Å². The first kappa shape index (κ1) is 53.0. The van der Waals surface area contributed by atoms with E-state index in [1.165, 1.54) is 64.8 Å². The van der Waals surface area contributed by atoms with Gasteiger partial charge < -0.3 is 29.0 Å². The number of benzene rings is 3. The van der Waals surface area contributed by atoms with Crippen molar-refractivity contribution in [2.24, 2.45) is 0 Å². The molecule has 3 aromatic rings. The molecular formula is C30H36N6O18S6. The summed E-state index contributed by atoms with van der Waals surface area (Å²) in [4.78, 5) is 89.3. The lowest BCUT2D eigenvalue weighted by molar-refractivity contribution is -0.788. The second kappa shape index (κ2) is 30.9. The quantitative estimate of drug-likeness (QED) is 0.0404. The minimum atomic E-state index is -1.01. The molecule has 330 valence electrons. The van der Waals surface area contributed by atoms with Crippen molar-refractivity contribution in [3.63, 3.8) is 0 Å². The first-order chi connectivity index (χ1) is 28.4. The van der Waals surface area contributed by atoms with Crippen LogP contribution in [0.5, 0.6) is 0 Å². The SMILES string of the molecule is Cc1ccc(SSCC(CO[N+](=O)[O-])O[N+](=O)[O-])cc1.Cc1cccc(SSCC(CO[N+](=O)[O-])O[N+](=O)[O-])c1.Cc1ccccc1SSCC(CO[N+](=O)[O-])O[N+](=O)[O-]. The summed E-state index contributed by atoms with van der Waals surface area (Å²) in [6.45, 7) is 4.44.